The first-order valence-corrected chi connectivity index (χ1v) is 8.90. The van der Waals surface area contributed by atoms with E-state index in [1.54, 1.807) is 0 Å². The van der Waals surface area contributed by atoms with Crippen LogP contribution in [0, 0.1) is 0 Å². The van der Waals surface area contributed by atoms with E-state index in [1.165, 1.54) is 10.2 Å². The van der Waals surface area contributed by atoms with Crippen LogP contribution in [0.3, 0.4) is 0 Å². The summed E-state index contributed by atoms with van der Waals surface area (Å²) in [4.78, 5) is 17.0. The van der Waals surface area contributed by atoms with Gasteiger partial charge in [-0.05, 0) is 24.1 Å². The lowest BCUT2D eigenvalue weighted by Crippen LogP contribution is -2.46. The van der Waals surface area contributed by atoms with Gasteiger partial charge in [0.1, 0.15) is 5.82 Å². The largest absolute Gasteiger partial charge is 0.343 e. The maximum absolute atomic E-state index is 11.8. The molecule has 0 bridgehead atoms. The number of halogens is 1. The summed E-state index contributed by atoms with van der Waals surface area (Å²) < 4.78 is 1.54. The topological polar surface area (TPSA) is 66.0 Å². The van der Waals surface area contributed by atoms with Gasteiger partial charge in [0.25, 0.3) is 0 Å². The van der Waals surface area contributed by atoms with Crippen LogP contribution in [-0.4, -0.2) is 45.8 Å². The van der Waals surface area contributed by atoms with Gasteiger partial charge in [-0.3, -0.25) is 4.98 Å². The second-order valence-corrected chi connectivity index (χ2v) is 6.61. The molecule has 1 atom stereocenters. The van der Waals surface area contributed by atoms with Crippen LogP contribution in [0.1, 0.15) is 30.8 Å². The predicted molar refractivity (Wildman–Crippen MR) is 95.5 cm³/mol. The number of piperazine rings is 1. The van der Waals surface area contributed by atoms with Crippen molar-refractivity contribution in [3.63, 3.8) is 0 Å². The number of hydrogen-bond donors (Lipinski definition) is 2. The number of nitrogens with zero attached hydrogens (tertiary/aromatic N) is 3. The van der Waals surface area contributed by atoms with Crippen molar-refractivity contribution < 1.29 is 0 Å². The number of rotatable bonds is 6. The lowest BCUT2D eigenvalue weighted by Gasteiger charge is -2.34. The monoisotopic (exact) mass is 349 g/mol. The van der Waals surface area contributed by atoms with E-state index in [0.29, 0.717) is 12.6 Å². The van der Waals surface area contributed by atoms with Crippen LogP contribution in [-0.2, 0) is 13.0 Å². The fraction of sp³-hybridized carbons (Fsp3) is 0.529. The van der Waals surface area contributed by atoms with Crippen LogP contribution in [0.25, 0.3) is 0 Å². The molecular formula is C17H24ClN5O. The summed E-state index contributed by atoms with van der Waals surface area (Å²) >= 11 is 6.10. The van der Waals surface area contributed by atoms with Crippen molar-refractivity contribution in [2.75, 3.05) is 26.2 Å². The summed E-state index contributed by atoms with van der Waals surface area (Å²) in [5, 5.41) is 8.61. The highest BCUT2D eigenvalue weighted by molar-refractivity contribution is 6.30. The molecule has 1 aliphatic heterocycles. The maximum atomic E-state index is 11.8. The zero-order chi connectivity index (χ0) is 16.9. The Morgan fingerprint density at radius 2 is 2.25 bits per heavy atom. The summed E-state index contributed by atoms with van der Waals surface area (Å²) in [6, 6.07) is 8.34. The highest BCUT2D eigenvalue weighted by atomic mass is 35.5. The maximum Gasteiger partial charge on any atom is 0.343 e. The summed E-state index contributed by atoms with van der Waals surface area (Å²) in [6.07, 6.45) is 1.66. The van der Waals surface area contributed by atoms with Crippen molar-refractivity contribution in [1.82, 2.24) is 25.0 Å². The third kappa shape index (κ3) is 4.26. The zero-order valence-electron chi connectivity index (χ0n) is 14.0. The predicted octanol–water partition coefficient (Wildman–Crippen LogP) is 1.82. The van der Waals surface area contributed by atoms with Crippen molar-refractivity contribution >= 4 is 11.6 Å². The SMILES string of the molecule is CCc1nn(CCCN2CCNC(c3cccc(Cl)c3)C2)c(=O)[nH]1. The van der Waals surface area contributed by atoms with Crippen LogP contribution in [0.2, 0.25) is 5.02 Å². The summed E-state index contributed by atoms with van der Waals surface area (Å²) in [7, 11) is 0. The van der Waals surface area contributed by atoms with Gasteiger partial charge in [0.15, 0.2) is 0 Å². The molecular weight excluding hydrogens is 326 g/mol. The number of nitrogens with one attached hydrogen (secondary N) is 2. The third-order valence-corrected chi connectivity index (χ3v) is 4.65. The Bertz CT molecular complexity index is 726. The van der Waals surface area contributed by atoms with Gasteiger partial charge in [0, 0.05) is 50.2 Å². The minimum Gasteiger partial charge on any atom is -0.308 e. The van der Waals surface area contributed by atoms with Gasteiger partial charge in [0.2, 0.25) is 0 Å². The molecule has 1 aromatic carbocycles. The zero-order valence-corrected chi connectivity index (χ0v) is 14.7. The van der Waals surface area contributed by atoms with E-state index in [-0.39, 0.29) is 5.69 Å². The smallest absolute Gasteiger partial charge is 0.308 e. The van der Waals surface area contributed by atoms with Crippen LogP contribution in [0.5, 0.6) is 0 Å². The molecule has 2 aromatic rings. The molecule has 6 nitrogen and oxygen atoms in total. The quantitative estimate of drug-likeness (QED) is 0.835. The Labute approximate surface area is 146 Å². The van der Waals surface area contributed by atoms with E-state index in [0.717, 1.165) is 49.9 Å². The molecule has 1 unspecified atom stereocenters. The molecule has 0 spiro atoms. The van der Waals surface area contributed by atoms with Crippen LogP contribution >= 0.6 is 11.6 Å². The van der Waals surface area contributed by atoms with Crippen LogP contribution in [0.4, 0.5) is 0 Å². The number of aromatic nitrogens is 3. The van der Waals surface area contributed by atoms with E-state index >= 15 is 0 Å². The third-order valence-electron chi connectivity index (χ3n) is 4.42. The van der Waals surface area contributed by atoms with Gasteiger partial charge in [-0.15, -0.1) is 0 Å². The summed E-state index contributed by atoms with van der Waals surface area (Å²) in [5.41, 5.74) is 1.12. The minimum atomic E-state index is -0.107. The van der Waals surface area contributed by atoms with Gasteiger partial charge in [-0.25, -0.2) is 9.48 Å². The highest BCUT2D eigenvalue weighted by Crippen LogP contribution is 2.20. The Hall–Kier alpha value is -1.63. The van der Waals surface area contributed by atoms with E-state index in [2.05, 4.69) is 26.4 Å². The van der Waals surface area contributed by atoms with Gasteiger partial charge in [0.05, 0.1) is 0 Å². The molecule has 1 aromatic heterocycles. The van der Waals surface area contributed by atoms with E-state index < -0.39 is 0 Å². The average molecular weight is 350 g/mol. The van der Waals surface area contributed by atoms with Gasteiger partial charge < -0.3 is 10.2 Å². The molecule has 0 amide bonds. The van der Waals surface area contributed by atoms with Crippen LogP contribution in [0.15, 0.2) is 29.1 Å². The molecule has 1 fully saturated rings. The van der Waals surface area contributed by atoms with Crippen molar-refractivity contribution in [2.45, 2.75) is 32.4 Å². The van der Waals surface area contributed by atoms with Crippen LogP contribution < -0.4 is 11.0 Å². The molecule has 0 saturated carbocycles. The molecule has 0 radical (unpaired) electrons. The Morgan fingerprint density at radius 3 is 3.00 bits per heavy atom. The Morgan fingerprint density at radius 1 is 1.38 bits per heavy atom. The molecule has 2 heterocycles. The first-order chi connectivity index (χ1) is 11.7. The second-order valence-electron chi connectivity index (χ2n) is 6.17. The number of hydrogen-bond acceptors (Lipinski definition) is 4. The fourth-order valence-electron chi connectivity index (χ4n) is 3.12. The van der Waals surface area contributed by atoms with Gasteiger partial charge in [-0.1, -0.05) is 30.7 Å². The van der Waals surface area contributed by atoms with Gasteiger partial charge >= 0.3 is 5.69 Å². The minimum absolute atomic E-state index is 0.107. The molecule has 1 aliphatic rings. The Balaban J connectivity index is 1.52. The first kappa shape index (κ1) is 17.2. The van der Waals surface area contributed by atoms with Gasteiger partial charge in [-0.2, -0.15) is 5.10 Å². The second kappa shape index (κ2) is 7.96. The molecule has 130 valence electrons. The molecule has 1 saturated heterocycles. The fourth-order valence-corrected chi connectivity index (χ4v) is 3.32. The van der Waals surface area contributed by atoms with E-state index in [1.807, 2.05) is 25.1 Å². The average Bonchev–Trinajstić information content (AvgIpc) is 2.95. The van der Waals surface area contributed by atoms with E-state index in [4.69, 9.17) is 11.6 Å². The standard InChI is InChI=1S/C17H24ClN5O/c1-2-16-20-17(24)23(21-16)9-4-8-22-10-7-19-15(12-22)13-5-3-6-14(18)11-13/h3,5-6,11,15,19H,2,4,7-10,12H2,1H3,(H,20,21,24). The number of aryl methyl sites for hydroxylation is 2. The lowest BCUT2D eigenvalue weighted by molar-refractivity contribution is 0.195. The molecule has 7 heteroatoms. The van der Waals surface area contributed by atoms with Crippen molar-refractivity contribution in [2.24, 2.45) is 0 Å². The summed E-state index contributed by atoms with van der Waals surface area (Å²) in [5.74, 6) is 0.753. The molecule has 3 rings (SSSR count). The van der Waals surface area contributed by atoms with Crippen molar-refractivity contribution in [3.05, 3.63) is 51.2 Å². The lowest BCUT2D eigenvalue weighted by atomic mass is 10.0. The normalized spacial score (nSPS) is 18.8. The molecule has 24 heavy (non-hydrogen) atoms. The Kier molecular flexibility index (Phi) is 5.71. The number of benzene rings is 1. The number of H-pyrrole nitrogens is 1. The molecule has 2 N–H and O–H groups in total. The molecule has 0 aliphatic carbocycles. The summed E-state index contributed by atoms with van der Waals surface area (Å²) in [6.45, 7) is 6.53. The highest BCUT2D eigenvalue weighted by Gasteiger charge is 2.20. The van der Waals surface area contributed by atoms with Crippen molar-refractivity contribution in [1.29, 1.82) is 0 Å². The van der Waals surface area contributed by atoms with Crippen molar-refractivity contribution in [3.8, 4) is 0 Å². The first-order valence-electron chi connectivity index (χ1n) is 8.53. The number of aromatic amines is 1. The van der Waals surface area contributed by atoms with E-state index in [9.17, 15) is 4.79 Å².